The highest BCUT2D eigenvalue weighted by Gasteiger charge is 2.22. The average molecular weight is 285 g/mol. The van der Waals surface area contributed by atoms with E-state index in [9.17, 15) is 0 Å². The zero-order valence-electron chi connectivity index (χ0n) is 16.0. The van der Waals surface area contributed by atoms with Crippen LogP contribution < -0.4 is 0 Å². The van der Waals surface area contributed by atoms with Crippen LogP contribution in [0.5, 0.6) is 0 Å². The van der Waals surface area contributed by atoms with Crippen molar-refractivity contribution in [2.45, 2.75) is 107 Å². The van der Waals surface area contributed by atoms with E-state index in [1.165, 1.54) is 51.4 Å². The van der Waals surface area contributed by atoms with Crippen LogP contribution >= 0.6 is 0 Å². The normalized spacial score (nSPS) is 23.2. The van der Waals surface area contributed by atoms with Gasteiger partial charge in [-0.15, -0.1) is 0 Å². The largest absolute Gasteiger partial charge is 0.0683 e. The van der Waals surface area contributed by atoms with Gasteiger partial charge in [0.1, 0.15) is 0 Å². The summed E-state index contributed by atoms with van der Waals surface area (Å²) in [6, 6.07) is 0. The summed E-state index contributed by atoms with van der Waals surface area (Å²) in [5, 5.41) is 0. The number of rotatable bonds is 6. The lowest BCUT2D eigenvalue weighted by Gasteiger charge is -2.30. The van der Waals surface area contributed by atoms with E-state index >= 15 is 0 Å². The highest BCUT2D eigenvalue weighted by Crippen LogP contribution is 2.35. The van der Waals surface area contributed by atoms with Crippen LogP contribution in [0.3, 0.4) is 0 Å². The van der Waals surface area contributed by atoms with E-state index in [0.717, 1.165) is 23.7 Å². The van der Waals surface area contributed by atoms with E-state index < -0.39 is 0 Å². The monoisotopic (exact) mass is 284 g/mol. The van der Waals surface area contributed by atoms with E-state index in [1.54, 1.807) is 0 Å². The van der Waals surface area contributed by atoms with Gasteiger partial charge in [0.25, 0.3) is 0 Å². The summed E-state index contributed by atoms with van der Waals surface area (Å²) in [5.74, 6) is 3.96. The Balaban J connectivity index is 0. The molecule has 1 rings (SSSR count). The topological polar surface area (TPSA) is 0 Å². The maximum Gasteiger partial charge on any atom is -0.0409 e. The fraction of sp³-hybridized carbons (Fsp3) is 1.00. The van der Waals surface area contributed by atoms with E-state index in [0.29, 0.717) is 0 Å². The van der Waals surface area contributed by atoms with Gasteiger partial charge in [0.15, 0.2) is 0 Å². The standard InChI is InChI=1S/C16H32.2C2H6/c1-5-7-15(10-13(2)3)12-16-9-6-8-14(4)11-16;2*1-2/h13-16H,5-12H2,1-4H3;2*1-2H3. The smallest absolute Gasteiger partial charge is 0.0409 e. The zero-order valence-corrected chi connectivity index (χ0v) is 16.0. The van der Waals surface area contributed by atoms with Crippen molar-refractivity contribution in [3.8, 4) is 0 Å². The van der Waals surface area contributed by atoms with Crippen molar-refractivity contribution in [1.29, 1.82) is 0 Å². The van der Waals surface area contributed by atoms with Gasteiger partial charge in [-0.1, -0.05) is 87.5 Å². The van der Waals surface area contributed by atoms with Gasteiger partial charge in [-0.3, -0.25) is 0 Å². The lowest BCUT2D eigenvalue weighted by molar-refractivity contribution is 0.218. The van der Waals surface area contributed by atoms with Gasteiger partial charge >= 0.3 is 0 Å². The molecule has 1 saturated carbocycles. The molecule has 0 aromatic rings. The Morgan fingerprint density at radius 3 is 2.05 bits per heavy atom. The Kier molecular flexibility index (Phi) is 17.1. The van der Waals surface area contributed by atoms with Crippen LogP contribution in [0, 0.1) is 23.7 Å². The Morgan fingerprint density at radius 1 is 1.00 bits per heavy atom. The number of hydrogen-bond donors (Lipinski definition) is 0. The lowest BCUT2D eigenvalue weighted by Crippen LogP contribution is -2.17. The van der Waals surface area contributed by atoms with Crippen molar-refractivity contribution in [1.82, 2.24) is 0 Å². The molecule has 3 atom stereocenters. The maximum absolute atomic E-state index is 2.45. The molecule has 0 spiro atoms. The highest BCUT2D eigenvalue weighted by atomic mass is 14.3. The molecule has 0 amide bonds. The molecular weight excluding hydrogens is 240 g/mol. The first-order valence-corrected chi connectivity index (χ1v) is 9.61. The summed E-state index contributed by atoms with van der Waals surface area (Å²) in [6.07, 6.45) is 11.8. The predicted octanol–water partition coefficient (Wildman–Crippen LogP) is 7.72. The first-order valence-electron chi connectivity index (χ1n) is 9.61. The van der Waals surface area contributed by atoms with Crippen molar-refractivity contribution >= 4 is 0 Å². The summed E-state index contributed by atoms with van der Waals surface area (Å²) < 4.78 is 0. The van der Waals surface area contributed by atoms with Gasteiger partial charge < -0.3 is 0 Å². The molecule has 20 heavy (non-hydrogen) atoms. The molecular formula is C20H44. The van der Waals surface area contributed by atoms with E-state index in [1.807, 2.05) is 27.7 Å². The molecule has 0 radical (unpaired) electrons. The van der Waals surface area contributed by atoms with Crippen LogP contribution in [0.2, 0.25) is 0 Å². The second kappa shape index (κ2) is 15.4. The van der Waals surface area contributed by atoms with Crippen molar-refractivity contribution in [3.05, 3.63) is 0 Å². The zero-order chi connectivity index (χ0) is 16.0. The minimum atomic E-state index is 0.887. The van der Waals surface area contributed by atoms with Crippen LogP contribution in [0.15, 0.2) is 0 Å². The fourth-order valence-corrected chi connectivity index (χ4v) is 3.65. The summed E-state index contributed by atoms with van der Waals surface area (Å²) in [7, 11) is 0. The Labute approximate surface area is 131 Å². The van der Waals surface area contributed by atoms with E-state index in [-0.39, 0.29) is 0 Å². The quantitative estimate of drug-likeness (QED) is 0.468. The minimum absolute atomic E-state index is 0.887. The van der Waals surface area contributed by atoms with Gasteiger partial charge in [-0.2, -0.15) is 0 Å². The maximum atomic E-state index is 2.45. The molecule has 0 heterocycles. The second-order valence-corrected chi connectivity index (χ2v) is 6.66. The molecule has 0 nitrogen and oxygen atoms in total. The summed E-state index contributed by atoms with van der Waals surface area (Å²) in [5.41, 5.74) is 0. The SMILES string of the molecule is CC.CC.CCCC(CC(C)C)CC1CCCC(C)C1. The third-order valence-electron chi connectivity index (χ3n) is 4.21. The van der Waals surface area contributed by atoms with Gasteiger partial charge in [-0.05, 0) is 42.9 Å². The minimum Gasteiger partial charge on any atom is -0.0683 e. The van der Waals surface area contributed by atoms with Crippen molar-refractivity contribution < 1.29 is 0 Å². The average Bonchev–Trinajstić information content (AvgIpc) is 2.43. The van der Waals surface area contributed by atoms with E-state index in [2.05, 4.69) is 27.7 Å². The Bertz CT molecular complexity index is 171. The van der Waals surface area contributed by atoms with Crippen LogP contribution in [0.4, 0.5) is 0 Å². The molecule has 0 aromatic carbocycles. The molecule has 3 unspecified atom stereocenters. The van der Waals surface area contributed by atoms with Crippen LogP contribution in [-0.4, -0.2) is 0 Å². The molecule has 1 aliphatic rings. The third-order valence-corrected chi connectivity index (χ3v) is 4.21. The lowest BCUT2D eigenvalue weighted by atomic mass is 9.76. The summed E-state index contributed by atoms with van der Waals surface area (Å²) in [4.78, 5) is 0. The second-order valence-electron chi connectivity index (χ2n) is 6.66. The van der Waals surface area contributed by atoms with Gasteiger partial charge in [0.2, 0.25) is 0 Å². The highest BCUT2D eigenvalue weighted by molar-refractivity contribution is 4.74. The molecule has 0 aliphatic heterocycles. The van der Waals surface area contributed by atoms with Crippen molar-refractivity contribution in [2.24, 2.45) is 23.7 Å². The molecule has 0 aromatic heterocycles. The summed E-state index contributed by atoms with van der Waals surface area (Å²) in [6.45, 7) is 17.6. The predicted molar refractivity (Wildman–Crippen MR) is 96.3 cm³/mol. The van der Waals surface area contributed by atoms with Gasteiger partial charge in [-0.25, -0.2) is 0 Å². The van der Waals surface area contributed by atoms with Crippen LogP contribution in [0.1, 0.15) is 107 Å². The molecule has 1 fully saturated rings. The first-order chi connectivity index (χ1) is 9.61. The van der Waals surface area contributed by atoms with Crippen LogP contribution in [-0.2, 0) is 0 Å². The molecule has 0 bridgehead atoms. The molecule has 0 saturated heterocycles. The Morgan fingerprint density at radius 2 is 1.60 bits per heavy atom. The third kappa shape index (κ3) is 11.8. The van der Waals surface area contributed by atoms with Gasteiger partial charge in [0.05, 0.1) is 0 Å². The summed E-state index contributed by atoms with van der Waals surface area (Å²) >= 11 is 0. The van der Waals surface area contributed by atoms with Gasteiger partial charge in [0, 0.05) is 0 Å². The molecule has 124 valence electrons. The fourth-order valence-electron chi connectivity index (χ4n) is 3.65. The van der Waals surface area contributed by atoms with Crippen molar-refractivity contribution in [3.63, 3.8) is 0 Å². The number of hydrogen-bond acceptors (Lipinski definition) is 0. The molecule has 0 N–H and O–H groups in total. The first kappa shape index (κ1) is 22.3. The van der Waals surface area contributed by atoms with Crippen molar-refractivity contribution in [2.75, 3.05) is 0 Å². The van der Waals surface area contributed by atoms with Crippen LogP contribution in [0.25, 0.3) is 0 Å². The Hall–Kier alpha value is 0. The molecule has 1 aliphatic carbocycles. The van der Waals surface area contributed by atoms with E-state index in [4.69, 9.17) is 0 Å². The molecule has 0 heteroatoms.